The minimum atomic E-state index is -0.225. The topological polar surface area (TPSA) is 21.3 Å². The van der Waals surface area contributed by atoms with Crippen molar-refractivity contribution < 1.29 is 4.42 Å². The van der Waals surface area contributed by atoms with Gasteiger partial charge in [-0.05, 0) is 103 Å². The molecule has 2 aliphatic carbocycles. The third kappa shape index (κ3) is 4.58. The summed E-state index contributed by atoms with van der Waals surface area (Å²) >= 11 is 0. The molecule has 0 radical (unpaired) electrons. The van der Waals surface area contributed by atoms with Crippen molar-refractivity contribution in [1.29, 1.82) is 0 Å². The number of aromatic nitrogens is 1. The van der Waals surface area contributed by atoms with Crippen molar-refractivity contribution in [1.82, 2.24) is 4.57 Å². The van der Waals surface area contributed by atoms with Crippen LogP contribution in [0.5, 0.6) is 0 Å². The molecule has 9 aromatic carbocycles. The standard InChI is InChI=1S/C58H42N2O/c1-57(2)45-24-14-12-22-42(45)51-47(57)34-49(56-53(51)44-23-13-15-25-50(44)61-56)59(39-28-26-35-16-8-9-18-37(35)32-39)40-29-30-43-48(33-40)60(38-19-6-5-7-20-38)55-52-41-21-11-10-17-36(41)27-31-46(52)58(3,4)54(43)55/h5-34H,1-4H3. The first-order valence-electron chi connectivity index (χ1n) is 21.4. The highest BCUT2D eigenvalue weighted by Gasteiger charge is 2.42. The van der Waals surface area contributed by atoms with Crippen molar-refractivity contribution in [2.75, 3.05) is 4.90 Å². The Morgan fingerprint density at radius 1 is 0.475 bits per heavy atom. The molecule has 0 amide bonds. The molecule has 0 saturated heterocycles. The van der Waals surface area contributed by atoms with E-state index in [1.807, 2.05) is 0 Å². The Morgan fingerprint density at radius 2 is 1.15 bits per heavy atom. The van der Waals surface area contributed by atoms with Gasteiger partial charge < -0.3 is 13.9 Å². The van der Waals surface area contributed by atoms with Gasteiger partial charge in [0.15, 0.2) is 5.58 Å². The van der Waals surface area contributed by atoms with E-state index in [-0.39, 0.29) is 10.8 Å². The van der Waals surface area contributed by atoms with Gasteiger partial charge in [0, 0.05) is 49.6 Å². The van der Waals surface area contributed by atoms with Crippen molar-refractivity contribution in [3.05, 3.63) is 204 Å². The normalized spacial score (nSPS) is 14.5. The largest absolute Gasteiger partial charge is 0.454 e. The Hall–Kier alpha value is -7.36. The second-order valence-electron chi connectivity index (χ2n) is 18.1. The van der Waals surface area contributed by atoms with Gasteiger partial charge >= 0.3 is 0 Å². The first-order valence-corrected chi connectivity index (χ1v) is 21.4. The molecule has 2 aliphatic rings. The van der Waals surface area contributed by atoms with Crippen molar-refractivity contribution >= 4 is 71.4 Å². The van der Waals surface area contributed by atoms with Crippen LogP contribution in [0.15, 0.2) is 186 Å². The molecule has 0 spiro atoms. The van der Waals surface area contributed by atoms with Gasteiger partial charge in [0.25, 0.3) is 0 Å². The summed E-state index contributed by atoms with van der Waals surface area (Å²) in [5, 5.41) is 8.53. The van der Waals surface area contributed by atoms with Gasteiger partial charge in [0.1, 0.15) is 5.58 Å². The molecular weight excluding hydrogens is 741 g/mol. The number of benzene rings is 9. The fourth-order valence-corrected chi connectivity index (χ4v) is 11.3. The van der Waals surface area contributed by atoms with Gasteiger partial charge in [-0.25, -0.2) is 0 Å². The number of fused-ring (bicyclic) bond motifs is 15. The molecule has 2 heterocycles. The average Bonchev–Trinajstić information content (AvgIpc) is 3.98. The molecular formula is C58H42N2O. The highest BCUT2D eigenvalue weighted by atomic mass is 16.3. The zero-order chi connectivity index (χ0) is 40.8. The molecule has 61 heavy (non-hydrogen) atoms. The Morgan fingerprint density at radius 3 is 2.00 bits per heavy atom. The minimum absolute atomic E-state index is 0.215. The van der Waals surface area contributed by atoms with Crippen LogP contribution in [-0.4, -0.2) is 4.57 Å². The van der Waals surface area contributed by atoms with Crippen LogP contribution in [0.4, 0.5) is 17.1 Å². The summed E-state index contributed by atoms with van der Waals surface area (Å²) in [7, 11) is 0. The summed E-state index contributed by atoms with van der Waals surface area (Å²) in [6.45, 7) is 9.55. The fourth-order valence-electron chi connectivity index (χ4n) is 11.3. The van der Waals surface area contributed by atoms with E-state index in [9.17, 15) is 0 Å². The van der Waals surface area contributed by atoms with Gasteiger partial charge in [-0.3, -0.25) is 0 Å². The maximum Gasteiger partial charge on any atom is 0.160 e. The van der Waals surface area contributed by atoms with E-state index >= 15 is 0 Å². The van der Waals surface area contributed by atoms with E-state index in [1.54, 1.807) is 0 Å². The average molecular weight is 783 g/mol. The van der Waals surface area contributed by atoms with E-state index in [0.717, 1.165) is 39.3 Å². The highest BCUT2D eigenvalue weighted by molar-refractivity contribution is 6.19. The van der Waals surface area contributed by atoms with E-state index in [0.29, 0.717) is 0 Å². The molecule has 3 nitrogen and oxygen atoms in total. The van der Waals surface area contributed by atoms with Crippen LogP contribution in [0, 0.1) is 0 Å². The van der Waals surface area contributed by atoms with Gasteiger partial charge in [0.05, 0.1) is 16.9 Å². The third-order valence-corrected chi connectivity index (χ3v) is 14.1. The summed E-state index contributed by atoms with van der Waals surface area (Å²) < 4.78 is 9.63. The molecule has 0 fully saturated rings. The molecule has 3 heteroatoms. The van der Waals surface area contributed by atoms with Crippen LogP contribution in [-0.2, 0) is 10.8 Å². The second-order valence-corrected chi connectivity index (χ2v) is 18.1. The third-order valence-electron chi connectivity index (χ3n) is 14.1. The van der Waals surface area contributed by atoms with E-state index in [4.69, 9.17) is 4.42 Å². The molecule has 11 aromatic rings. The summed E-state index contributed by atoms with van der Waals surface area (Å²) in [6.07, 6.45) is 0. The lowest BCUT2D eigenvalue weighted by Gasteiger charge is -2.29. The van der Waals surface area contributed by atoms with Crippen molar-refractivity contribution in [3.63, 3.8) is 0 Å². The Bertz CT molecular complexity index is 3660. The molecule has 0 unspecified atom stereocenters. The van der Waals surface area contributed by atoms with Crippen molar-refractivity contribution in [3.8, 4) is 28.1 Å². The number of hydrogen-bond donors (Lipinski definition) is 0. The molecule has 13 rings (SSSR count). The van der Waals surface area contributed by atoms with Gasteiger partial charge in [-0.15, -0.1) is 0 Å². The SMILES string of the molecule is CC1(C)c2ccccc2-c2c1cc(N(c1ccc3ccccc3c1)c1ccc3c4c(n(-c5ccccc5)c3c1)-c1c(ccc3ccccc13)C4(C)C)c1oc3ccccc3c21. The second kappa shape index (κ2) is 12.1. The summed E-state index contributed by atoms with van der Waals surface area (Å²) in [5.41, 5.74) is 17.4. The van der Waals surface area contributed by atoms with Crippen LogP contribution >= 0.6 is 0 Å². The van der Waals surface area contributed by atoms with E-state index in [1.165, 1.54) is 82.5 Å². The predicted octanol–water partition coefficient (Wildman–Crippen LogP) is 15.9. The van der Waals surface area contributed by atoms with Crippen LogP contribution < -0.4 is 4.90 Å². The Balaban J connectivity index is 1.16. The highest BCUT2D eigenvalue weighted by Crippen LogP contribution is 2.58. The molecule has 2 aromatic heterocycles. The number of nitrogens with zero attached hydrogens (tertiary/aromatic N) is 2. The first-order chi connectivity index (χ1) is 29.8. The van der Waals surface area contributed by atoms with E-state index in [2.05, 4.69) is 219 Å². The van der Waals surface area contributed by atoms with Crippen LogP contribution in [0.3, 0.4) is 0 Å². The lowest BCUT2D eigenvalue weighted by Crippen LogP contribution is -2.17. The monoisotopic (exact) mass is 782 g/mol. The van der Waals surface area contributed by atoms with Gasteiger partial charge in [0.2, 0.25) is 0 Å². The maximum absolute atomic E-state index is 7.09. The molecule has 0 saturated carbocycles. The minimum Gasteiger partial charge on any atom is -0.454 e. The van der Waals surface area contributed by atoms with Gasteiger partial charge in [-0.2, -0.15) is 0 Å². The fraction of sp³-hybridized carbons (Fsp3) is 0.103. The first kappa shape index (κ1) is 34.5. The molecule has 0 bridgehead atoms. The van der Waals surface area contributed by atoms with Crippen molar-refractivity contribution in [2.45, 2.75) is 38.5 Å². The number of hydrogen-bond acceptors (Lipinski definition) is 2. The molecule has 0 aliphatic heterocycles. The lowest BCUT2D eigenvalue weighted by atomic mass is 9.81. The summed E-state index contributed by atoms with van der Waals surface area (Å²) in [5.74, 6) is 0. The molecule has 0 N–H and O–H groups in total. The maximum atomic E-state index is 7.09. The lowest BCUT2D eigenvalue weighted by molar-refractivity contribution is 0.657. The van der Waals surface area contributed by atoms with Crippen molar-refractivity contribution in [2.24, 2.45) is 0 Å². The Labute approximate surface area is 354 Å². The quantitative estimate of drug-likeness (QED) is 0.177. The van der Waals surface area contributed by atoms with Gasteiger partial charge in [-0.1, -0.05) is 161 Å². The smallest absolute Gasteiger partial charge is 0.160 e. The number of rotatable bonds is 4. The summed E-state index contributed by atoms with van der Waals surface area (Å²) in [6, 6.07) is 67.1. The summed E-state index contributed by atoms with van der Waals surface area (Å²) in [4.78, 5) is 2.46. The molecule has 290 valence electrons. The van der Waals surface area contributed by atoms with E-state index < -0.39 is 0 Å². The van der Waals surface area contributed by atoms with Crippen LogP contribution in [0.25, 0.3) is 82.5 Å². The molecule has 0 atom stereocenters. The zero-order valence-corrected chi connectivity index (χ0v) is 34.6. The Kier molecular flexibility index (Phi) is 6.85. The van der Waals surface area contributed by atoms with Crippen LogP contribution in [0.1, 0.15) is 49.9 Å². The number of para-hydroxylation sites is 2. The number of anilines is 3. The predicted molar refractivity (Wildman–Crippen MR) is 255 cm³/mol. The van der Waals surface area contributed by atoms with Crippen LogP contribution in [0.2, 0.25) is 0 Å². The zero-order valence-electron chi connectivity index (χ0n) is 34.6. The number of furan rings is 1.